The summed E-state index contributed by atoms with van der Waals surface area (Å²) in [6.07, 6.45) is 9.28. The lowest BCUT2D eigenvalue weighted by molar-refractivity contribution is -0.233. The van der Waals surface area contributed by atoms with Gasteiger partial charge in [0, 0.05) is 5.41 Å². The van der Waals surface area contributed by atoms with Gasteiger partial charge in [-0.1, -0.05) is 26.7 Å². The van der Waals surface area contributed by atoms with E-state index >= 15 is 0 Å². The quantitative estimate of drug-likeness (QED) is 0.835. The Labute approximate surface area is 124 Å². The number of hydrogen-bond acceptors (Lipinski definition) is 2. The first-order valence-corrected chi connectivity index (χ1v) is 8.74. The molecule has 2 bridgehead atoms. The van der Waals surface area contributed by atoms with Crippen molar-refractivity contribution in [1.29, 1.82) is 0 Å². The Balaban J connectivity index is 1.99. The lowest BCUT2D eigenvalue weighted by atomic mass is 9.51. The molecule has 5 atom stereocenters. The molecule has 0 radical (unpaired) electrons. The predicted molar refractivity (Wildman–Crippen MR) is 81.6 cm³/mol. The van der Waals surface area contributed by atoms with Gasteiger partial charge in [-0.15, -0.1) is 0 Å². The first-order valence-electron chi connectivity index (χ1n) is 8.74. The Morgan fingerprint density at radius 1 is 1.05 bits per heavy atom. The number of aliphatic hydroxyl groups is 1. The van der Waals surface area contributed by atoms with Crippen molar-refractivity contribution in [2.24, 2.45) is 17.3 Å². The molecule has 3 fully saturated rings. The molecule has 1 aliphatic heterocycles. The van der Waals surface area contributed by atoms with E-state index in [1.165, 1.54) is 32.1 Å². The van der Waals surface area contributed by atoms with Crippen LogP contribution in [0.5, 0.6) is 0 Å². The lowest BCUT2D eigenvalue weighted by Gasteiger charge is -2.58. The van der Waals surface area contributed by atoms with Crippen LogP contribution in [0.25, 0.3) is 0 Å². The van der Waals surface area contributed by atoms with Crippen LogP contribution in [0.1, 0.15) is 79.1 Å². The van der Waals surface area contributed by atoms with Crippen molar-refractivity contribution in [3.05, 3.63) is 0 Å². The smallest absolute Gasteiger partial charge is 0.0799 e. The molecule has 1 N–H and O–H groups in total. The zero-order chi connectivity index (χ0) is 14.6. The zero-order valence-corrected chi connectivity index (χ0v) is 13.7. The minimum absolute atomic E-state index is 0.000710. The van der Waals surface area contributed by atoms with Crippen LogP contribution in [0.3, 0.4) is 0 Å². The second-order valence-electron chi connectivity index (χ2n) is 8.38. The molecule has 20 heavy (non-hydrogen) atoms. The van der Waals surface area contributed by atoms with Crippen molar-refractivity contribution in [2.45, 2.75) is 96.4 Å². The molecule has 2 saturated carbocycles. The summed E-state index contributed by atoms with van der Waals surface area (Å²) >= 11 is 0. The van der Waals surface area contributed by atoms with E-state index < -0.39 is 0 Å². The standard InChI is InChI=1S/C18H32O2/c1-5-6-11-17(4)15(19)10-9-13-7-8-14-12-18(13,17)20-16(14,2)3/h13-15,19H,5-12H2,1-4H3. The third-order valence-electron chi connectivity index (χ3n) is 7.04. The number of fused-ring (bicyclic) bond motifs is 1. The minimum atomic E-state index is -0.182. The van der Waals surface area contributed by atoms with E-state index in [1.54, 1.807) is 0 Å². The third-order valence-corrected chi connectivity index (χ3v) is 7.04. The Hall–Kier alpha value is -0.0800. The van der Waals surface area contributed by atoms with E-state index in [2.05, 4.69) is 27.7 Å². The SMILES string of the molecule is CCCCC1(C)C(O)CCC2CCC3CC21OC3(C)C. The summed E-state index contributed by atoms with van der Waals surface area (Å²) < 4.78 is 6.79. The van der Waals surface area contributed by atoms with Gasteiger partial charge in [0.15, 0.2) is 0 Å². The molecule has 0 aromatic heterocycles. The maximum Gasteiger partial charge on any atom is 0.0799 e. The maximum absolute atomic E-state index is 10.8. The zero-order valence-electron chi connectivity index (χ0n) is 13.7. The number of hydrogen-bond donors (Lipinski definition) is 1. The fourth-order valence-corrected chi connectivity index (χ4v) is 5.62. The summed E-state index contributed by atoms with van der Waals surface area (Å²) in [7, 11) is 0. The maximum atomic E-state index is 10.8. The van der Waals surface area contributed by atoms with Crippen LogP contribution < -0.4 is 0 Å². The highest BCUT2D eigenvalue weighted by molar-refractivity contribution is 5.16. The Morgan fingerprint density at radius 2 is 1.70 bits per heavy atom. The van der Waals surface area contributed by atoms with Gasteiger partial charge in [-0.05, 0) is 64.2 Å². The van der Waals surface area contributed by atoms with Crippen LogP contribution in [0.15, 0.2) is 0 Å². The molecule has 1 spiro atoms. The number of unbranched alkanes of at least 4 members (excludes halogenated alkanes) is 1. The van der Waals surface area contributed by atoms with Gasteiger partial charge in [-0.2, -0.15) is 0 Å². The summed E-state index contributed by atoms with van der Waals surface area (Å²) in [4.78, 5) is 0. The summed E-state index contributed by atoms with van der Waals surface area (Å²) in [6.45, 7) is 9.12. The second kappa shape index (κ2) is 4.71. The van der Waals surface area contributed by atoms with Crippen LogP contribution in [0, 0.1) is 17.3 Å². The van der Waals surface area contributed by atoms with Gasteiger partial charge >= 0.3 is 0 Å². The molecule has 2 aliphatic carbocycles. The topological polar surface area (TPSA) is 29.5 Å². The van der Waals surface area contributed by atoms with Crippen molar-refractivity contribution < 1.29 is 9.84 Å². The Kier molecular flexibility index (Phi) is 3.49. The van der Waals surface area contributed by atoms with E-state index in [1.807, 2.05) is 0 Å². The second-order valence-corrected chi connectivity index (χ2v) is 8.38. The molecule has 2 heteroatoms. The summed E-state index contributed by atoms with van der Waals surface area (Å²) in [5.41, 5.74) is -0.0933. The van der Waals surface area contributed by atoms with E-state index in [4.69, 9.17) is 4.74 Å². The fraction of sp³-hybridized carbons (Fsp3) is 1.00. The predicted octanol–water partition coefficient (Wildman–Crippen LogP) is 4.30. The molecule has 1 heterocycles. The van der Waals surface area contributed by atoms with Gasteiger partial charge in [0.2, 0.25) is 0 Å². The molecule has 5 unspecified atom stereocenters. The first kappa shape index (κ1) is 14.8. The average molecular weight is 280 g/mol. The number of rotatable bonds is 3. The average Bonchev–Trinajstić information content (AvgIpc) is 2.61. The number of aliphatic hydroxyl groups excluding tert-OH is 1. The van der Waals surface area contributed by atoms with Crippen molar-refractivity contribution in [1.82, 2.24) is 0 Å². The summed E-state index contributed by atoms with van der Waals surface area (Å²) in [5, 5.41) is 10.8. The molecule has 3 rings (SSSR count). The highest BCUT2D eigenvalue weighted by Gasteiger charge is 2.67. The van der Waals surface area contributed by atoms with Gasteiger partial charge in [0.25, 0.3) is 0 Å². The summed E-state index contributed by atoms with van der Waals surface area (Å²) in [6, 6.07) is 0. The van der Waals surface area contributed by atoms with E-state index in [0.29, 0.717) is 11.8 Å². The Bertz CT molecular complexity index is 378. The third kappa shape index (κ3) is 1.83. The normalized spacial score (nSPS) is 50.0. The van der Waals surface area contributed by atoms with Gasteiger partial charge in [0.1, 0.15) is 0 Å². The van der Waals surface area contributed by atoms with Crippen molar-refractivity contribution in [3.8, 4) is 0 Å². The summed E-state index contributed by atoms with van der Waals surface area (Å²) in [5.74, 6) is 1.36. The molecule has 1 saturated heterocycles. The van der Waals surface area contributed by atoms with Gasteiger partial charge in [-0.25, -0.2) is 0 Å². The minimum Gasteiger partial charge on any atom is -0.392 e. The fourth-order valence-electron chi connectivity index (χ4n) is 5.62. The lowest BCUT2D eigenvalue weighted by Crippen LogP contribution is -2.61. The van der Waals surface area contributed by atoms with E-state index in [-0.39, 0.29) is 22.7 Å². The molecule has 0 aromatic carbocycles. The van der Waals surface area contributed by atoms with Gasteiger partial charge in [0.05, 0.1) is 17.3 Å². The molecule has 0 aromatic rings. The van der Waals surface area contributed by atoms with Crippen LogP contribution in [0.2, 0.25) is 0 Å². The van der Waals surface area contributed by atoms with Gasteiger partial charge < -0.3 is 9.84 Å². The molecular weight excluding hydrogens is 248 g/mol. The van der Waals surface area contributed by atoms with E-state index in [9.17, 15) is 5.11 Å². The monoisotopic (exact) mass is 280 g/mol. The molecule has 0 amide bonds. The van der Waals surface area contributed by atoms with Crippen LogP contribution in [-0.4, -0.2) is 22.4 Å². The highest BCUT2D eigenvalue weighted by Crippen LogP contribution is 2.65. The molecule has 3 aliphatic rings. The first-order chi connectivity index (χ1) is 9.36. The Morgan fingerprint density at radius 3 is 2.40 bits per heavy atom. The largest absolute Gasteiger partial charge is 0.392 e. The van der Waals surface area contributed by atoms with Crippen molar-refractivity contribution >= 4 is 0 Å². The van der Waals surface area contributed by atoms with Crippen LogP contribution >= 0.6 is 0 Å². The van der Waals surface area contributed by atoms with Crippen molar-refractivity contribution in [3.63, 3.8) is 0 Å². The van der Waals surface area contributed by atoms with Crippen LogP contribution in [0.4, 0.5) is 0 Å². The molecule has 2 nitrogen and oxygen atoms in total. The van der Waals surface area contributed by atoms with Crippen LogP contribution in [-0.2, 0) is 4.74 Å². The number of ether oxygens (including phenoxy) is 1. The van der Waals surface area contributed by atoms with Crippen molar-refractivity contribution in [2.75, 3.05) is 0 Å². The highest BCUT2D eigenvalue weighted by atomic mass is 16.5. The van der Waals surface area contributed by atoms with E-state index in [0.717, 1.165) is 19.3 Å². The molecular formula is C18H32O2. The van der Waals surface area contributed by atoms with Gasteiger partial charge in [-0.3, -0.25) is 0 Å². The molecule has 116 valence electrons.